The van der Waals surface area contributed by atoms with Gasteiger partial charge in [-0.25, -0.2) is 4.79 Å². The van der Waals surface area contributed by atoms with Gasteiger partial charge in [0.1, 0.15) is 0 Å². The van der Waals surface area contributed by atoms with Gasteiger partial charge in [0.2, 0.25) is 0 Å². The molecule has 0 saturated carbocycles. The first-order valence-electron chi connectivity index (χ1n) is 9.56. The smallest absolute Gasteiger partial charge is 0.338 e. The van der Waals surface area contributed by atoms with Crippen molar-refractivity contribution in [2.45, 2.75) is 20.0 Å². The minimum absolute atomic E-state index is 0.323. The van der Waals surface area contributed by atoms with Gasteiger partial charge in [-0.1, -0.05) is 60.7 Å². The second-order valence-corrected chi connectivity index (χ2v) is 6.94. The number of esters is 1. The van der Waals surface area contributed by atoms with E-state index in [9.17, 15) is 4.79 Å². The lowest BCUT2D eigenvalue weighted by Gasteiger charge is -2.26. The maximum Gasteiger partial charge on any atom is 0.338 e. The average molecular weight is 405 g/mol. The van der Waals surface area contributed by atoms with Crippen molar-refractivity contribution in [2.24, 2.45) is 0 Å². The van der Waals surface area contributed by atoms with E-state index < -0.39 is 0 Å². The van der Waals surface area contributed by atoms with Gasteiger partial charge in [-0.2, -0.15) is 0 Å². The largest absolute Gasteiger partial charge is 0.462 e. The van der Waals surface area contributed by atoms with Gasteiger partial charge < -0.3 is 15.0 Å². The van der Waals surface area contributed by atoms with Crippen LogP contribution >= 0.6 is 12.2 Å². The second-order valence-electron chi connectivity index (χ2n) is 6.56. The van der Waals surface area contributed by atoms with E-state index >= 15 is 0 Å². The number of nitrogens with one attached hydrogen (secondary N) is 1. The molecule has 0 radical (unpaired) electrons. The van der Waals surface area contributed by atoms with Crippen molar-refractivity contribution in [2.75, 3.05) is 11.9 Å². The Kier molecular flexibility index (Phi) is 7.36. The molecule has 0 atom stereocenters. The molecule has 0 heterocycles. The first-order chi connectivity index (χ1) is 14.2. The van der Waals surface area contributed by atoms with Crippen molar-refractivity contribution >= 4 is 29.0 Å². The monoisotopic (exact) mass is 404 g/mol. The predicted molar refractivity (Wildman–Crippen MR) is 121 cm³/mol. The third kappa shape index (κ3) is 6.16. The van der Waals surface area contributed by atoms with Gasteiger partial charge in [-0.05, 0) is 54.5 Å². The zero-order valence-electron chi connectivity index (χ0n) is 16.4. The molecule has 0 aliphatic carbocycles. The molecule has 1 N–H and O–H groups in total. The number of nitrogens with zero attached hydrogens (tertiary/aromatic N) is 1. The van der Waals surface area contributed by atoms with Crippen LogP contribution in [0.3, 0.4) is 0 Å². The summed E-state index contributed by atoms with van der Waals surface area (Å²) in [6.07, 6.45) is 0. The molecular weight excluding hydrogens is 380 g/mol. The predicted octanol–water partition coefficient (Wildman–Crippen LogP) is 5.26. The van der Waals surface area contributed by atoms with Crippen molar-refractivity contribution in [1.82, 2.24) is 4.90 Å². The van der Waals surface area contributed by atoms with Crippen LogP contribution in [0.25, 0.3) is 0 Å². The molecule has 0 aliphatic rings. The van der Waals surface area contributed by atoms with Crippen LogP contribution < -0.4 is 5.32 Å². The second kappa shape index (κ2) is 10.4. The number of carbonyl (C=O) groups is 1. The summed E-state index contributed by atoms with van der Waals surface area (Å²) in [5.41, 5.74) is 3.72. The summed E-state index contributed by atoms with van der Waals surface area (Å²) >= 11 is 5.70. The standard InChI is InChI=1S/C24H24N2O2S/c1-2-28-23(27)21-13-15-22(16-14-21)25-24(29)26(17-19-9-5-3-6-10-19)18-20-11-7-4-8-12-20/h3-16H,2,17-18H2,1H3,(H,25,29). The van der Waals surface area contributed by atoms with E-state index in [1.54, 1.807) is 19.1 Å². The Bertz CT molecular complexity index is 887. The lowest BCUT2D eigenvalue weighted by atomic mass is 10.2. The van der Waals surface area contributed by atoms with Crippen LogP contribution in [0.1, 0.15) is 28.4 Å². The number of hydrogen-bond acceptors (Lipinski definition) is 3. The molecule has 3 rings (SSSR count). The van der Waals surface area contributed by atoms with Gasteiger partial charge in [0.25, 0.3) is 0 Å². The molecule has 0 aliphatic heterocycles. The number of carbonyl (C=O) groups excluding carboxylic acids is 1. The minimum atomic E-state index is -0.323. The van der Waals surface area contributed by atoms with Crippen molar-refractivity contribution < 1.29 is 9.53 Å². The van der Waals surface area contributed by atoms with E-state index in [1.807, 2.05) is 48.5 Å². The van der Waals surface area contributed by atoms with Gasteiger partial charge >= 0.3 is 5.97 Å². The topological polar surface area (TPSA) is 41.6 Å². The quantitative estimate of drug-likeness (QED) is 0.430. The van der Waals surface area contributed by atoms with Crippen LogP contribution in [0.4, 0.5) is 5.69 Å². The molecule has 3 aromatic carbocycles. The van der Waals surface area contributed by atoms with Crippen molar-refractivity contribution in [1.29, 1.82) is 0 Å². The average Bonchev–Trinajstić information content (AvgIpc) is 2.75. The van der Waals surface area contributed by atoms with Gasteiger partial charge in [-0.3, -0.25) is 0 Å². The molecule has 0 amide bonds. The molecule has 0 unspecified atom stereocenters. The molecule has 148 valence electrons. The molecule has 0 fully saturated rings. The van der Waals surface area contributed by atoms with E-state index in [2.05, 4.69) is 34.5 Å². The highest BCUT2D eigenvalue weighted by atomic mass is 32.1. The highest BCUT2D eigenvalue weighted by Crippen LogP contribution is 2.15. The number of anilines is 1. The molecule has 0 bridgehead atoms. The number of rotatable bonds is 7. The first-order valence-corrected chi connectivity index (χ1v) is 9.97. The van der Waals surface area contributed by atoms with Crippen LogP contribution in [-0.4, -0.2) is 22.6 Å². The molecule has 0 aromatic heterocycles. The van der Waals surface area contributed by atoms with Crippen molar-refractivity contribution in [3.05, 3.63) is 102 Å². The van der Waals surface area contributed by atoms with Gasteiger partial charge in [0.15, 0.2) is 5.11 Å². The third-order valence-electron chi connectivity index (χ3n) is 4.37. The van der Waals surface area contributed by atoms with Gasteiger partial charge in [0.05, 0.1) is 12.2 Å². The normalized spacial score (nSPS) is 10.2. The summed E-state index contributed by atoms with van der Waals surface area (Å²) in [4.78, 5) is 13.9. The number of hydrogen-bond donors (Lipinski definition) is 1. The highest BCUT2D eigenvalue weighted by Gasteiger charge is 2.12. The van der Waals surface area contributed by atoms with Crippen molar-refractivity contribution in [3.8, 4) is 0 Å². The van der Waals surface area contributed by atoms with Gasteiger partial charge in [0, 0.05) is 18.8 Å². The maximum atomic E-state index is 11.8. The molecule has 29 heavy (non-hydrogen) atoms. The molecular formula is C24H24N2O2S. The minimum Gasteiger partial charge on any atom is -0.462 e. The van der Waals surface area contributed by atoms with Gasteiger partial charge in [-0.15, -0.1) is 0 Å². The lowest BCUT2D eigenvalue weighted by molar-refractivity contribution is 0.0526. The Balaban J connectivity index is 1.72. The highest BCUT2D eigenvalue weighted by molar-refractivity contribution is 7.80. The van der Waals surface area contributed by atoms with E-state index in [0.717, 1.165) is 5.69 Å². The summed E-state index contributed by atoms with van der Waals surface area (Å²) in [7, 11) is 0. The molecule has 3 aromatic rings. The Morgan fingerprint density at radius 2 is 1.38 bits per heavy atom. The summed E-state index contributed by atoms with van der Waals surface area (Å²) < 4.78 is 5.03. The molecule has 0 saturated heterocycles. The Labute approximate surface area is 177 Å². The third-order valence-corrected chi connectivity index (χ3v) is 4.73. The number of thiocarbonyl (C=S) groups is 1. The molecule has 5 heteroatoms. The summed E-state index contributed by atoms with van der Waals surface area (Å²) in [6.45, 7) is 3.54. The number of ether oxygens (including phenoxy) is 1. The molecule has 4 nitrogen and oxygen atoms in total. The van der Waals surface area contributed by atoms with Crippen LogP contribution in [0.15, 0.2) is 84.9 Å². The van der Waals surface area contributed by atoms with Crippen LogP contribution in [-0.2, 0) is 17.8 Å². The summed E-state index contributed by atoms with van der Waals surface area (Å²) in [5, 5.41) is 3.91. The van der Waals surface area contributed by atoms with Crippen LogP contribution in [0, 0.1) is 0 Å². The zero-order chi connectivity index (χ0) is 20.5. The van der Waals surface area contributed by atoms with E-state index in [0.29, 0.717) is 30.4 Å². The molecule has 0 spiro atoms. The fraction of sp³-hybridized carbons (Fsp3) is 0.167. The Morgan fingerprint density at radius 1 is 0.862 bits per heavy atom. The lowest BCUT2D eigenvalue weighted by Crippen LogP contribution is -2.33. The Hall–Kier alpha value is -3.18. The van der Waals surface area contributed by atoms with Crippen LogP contribution in [0.2, 0.25) is 0 Å². The van der Waals surface area contributed by atoms with E-state index in [1.165, 1.54) is 11.1 Å². The van der Waals surface area contributed by atoms with E-state index in [-0.39, 0.29) is 5.97 Å². The summed E-state index contributed by atoms with van der Waals surface area (Å²) in [6, 6.07) is 27.6. The first kappa shape index (κ1) is 20.6. The summed E-state index contributed by atoms with van der Waals surface area (Å²) in [5.74, 6) is -0.323. The zero-order valence-corrected chi connectivity index (χ0v) is 17.2. The van der Waals surface area contributed by atoms with Crippen LogP contribution in [0.5, 0.6) is 0 Å². The van der Waals surface area contributed by atoms with E-state index in [4.69, 9.17) is 17.0 Å². The van der Waals surface area contributed by atoms with Crippen molar-refractivity contribution in [3.63, 3.8) is 0 Å². The SMILES string of the molecule is CCOC(=O)c1ccc(NC(=S)N(Cc2ccccc2)Cc2ccccc2)cc1. The fourth-order valence-corrected chi connectivity index (χ4v) is 3.16. The number of benzene rings is 3. The fourth-order valence-electron chi connectivity index (χ4n) is 2.91. The maximum absolute atomic E-state index is 11.8. The Morgan fingerprint density at radius 3 is 1.86 bits per heavy atom.